The number of thiazole rings is 1. The van der Waals surface area contributed by atoms with E-state index in [-0.39, 0.29) is 28.4 Å². The SMILES string of the molecule is CO[C@H]1CN(c2nc(-c3ncnn3C)c(C(=O)O)s2)CC[C@H]1CC(=O)c1[nH]c(C)c(Cl)c1Br. The number of hydrogen-bond acceptors (Lipinski definition) is 8. The number of halogens is 2. The maximum atomic E-state index is 12.9. The normalized spacial score (nSPS) is 18.6. The monoisotopic (exact) mass is 556 g/mol. The number of carbonyl (C=O) groups excluding carboxylic acids is 1. The topological polar surface area (TPSA) is 126 Å². The summed E-state index contributed by atoms with van der Waals surface area (Å²) in [6, 6.07) is 0. The van der Waals surface area contributed by atoms with Crippen LogP contribution in [0.5, 0.6) is 0 Å². The van der Waals surface area contributed by atoms with Gasteiger partial charge in [-0.3, -0.25) is 4.79 Å². The molecule has 0 aliphatic carbocycles. The first kappa shape index (κ1) is 23.9. The van der Waals surface area contributed by atoms with Gasteiger partial charge in [-0.1, -0.05) is 22.9 Å². The summed E-state index contributed by atoms with van der Waals surface area (Å²) < 4.78 is 7.80. The Kier molecular flexibility index (Phi) is 6.89. The number of Topliss-reactive ketones (excluding diaryl/α,β-unsaturated/α-hetero) is 1. The second-order valence-corrected chi connectivity index (χ2v) is 9.98. The molecule has 1 aliphatic rings. The largest absolute Gasteiger partial charge is 0.477 e. The molecule has 0 unspecified atom stereocenters. The van der Waals surface area contributed by atoms with Gasteiger partial charge in [-0.2, -0.15) is 5.10 Å². The number of hydrogen-bond donors (Lipinski definition) is 2. The van der Waals surface area contributed by atoms with Gasteiger partial charge in [0.2, 0.25) is 0 Å². The molecule has 10 nitrogen and oxygen atoms in total. The highest BCUT2D eigenvalue weighted by atomic mass is 79.9. The molecule has 2 atom stereocenters. The maximum absolute atomic E-state index is 12.9. The molecule has 4 rings (SSSR count). The van der Waals surface area contributed by atoms with E-state index in [1.54, 1.807) is 14.2 Å². The summed E-state index contributed by atoms with van der Waals surface area (Å²) in [6.07, 6.45) is 2.14. The van der Waals surface area contributed by atoms with E-state index >= 15 is 0 Å². The van der Waals surface area contributed by atoms with Gasteiger partial charge in [-0.05, 0) is 35.2 Å². The number of aromatic carboxylic acids is 1. The highest BCUT2D eigenvalue weighted by Crippen LogP contribution is 2.36. The van der Waals surface area contributed by atoms with Crippen molar-refractivity contribution < 1.29 is 19.4 Å². The Balaban J connectivity index is 1.52. The highest BCUT2D eigenvalue weighted by Gasteiger charge is 2.34. The molecule has 13 heteroatoms. The number of carboxylic acid groups (broad SMARTS) is 1. The molecule has 0 spiro atoms. The Hall–Kier alpha value is -2.28. The van der Waals surface area contributed by atoms with Crippen molar-refractivity contribution >= 4 is 55.8 Å². The molecule has 0 aromatic carbocycles. The number of aromatic amines is 1. The number of ether oxygens (including phenoxy) is 1. The molecule has 0 radical (unpaired) electrons. The number of nitrogens with zero attached hydrogens (tertiary/aromatic N) is 5. The second-order valence-electron chi connectivity index (χ2n) is 7.84. The van der Waals surface area contributed by atoms with Crippen LogP contribution in [0.15, 0.2) is 10.8 Å². The predicted molar refractivity (Wildman–Crippen MR) is 127 cm³/mol. The first-order chi connectivity index (χ1) is 15.7. The van der Waals surface area contributed by atoms with Crippen molar-refractivity contribution in [1.29, 1.82) is 0 Å². The first-order valence-electron chi connectivity index (χ1n) is 10.1. The number of H-pyrrole nitrogens is 1. The molecular formula is C20H22BrClN6O4S. The first-order valence-corrected chi connectivity index (χ1v) is 12.1. The van der Waals surface area contributed by atoms with Crippen LogP contribution in [0.3, 0.4) is 0 Å². The van der Waals surface area contributed by atoms with Crippen molar-refractivity contribution in [3.05, 3.63) is 32.1 Å². The van der Waals surface area contributed by atoms with Gasteiger partial charge in [0.15, 0.2) is 16.7 Å². The molecule has 0 saturated carbocycles. The number of methoxy groups -OCH3 is 1. The Morgan fingerprint density at radius 1 is 1.45 bits per heavy atom. The number of carbonyl (C=O) groups is 2. The molecule has 1 aliphatic heterocycles. The van der Waals surface area contributed by atoms with Crippen LogP contribution < -0.4 is 4.90 Å². The standard InChI is InChI=1S/C20H22BrClN6O4S/c1-9-14(22)13(21)15(25-9)11(29)6-10-4-5-28(7-12(10)32-3)20-26-16(17(33-20)19(30)31)18-23-8-24-27(18)2/h8,10,12,25H,4-7H2,1-3H3,(H,30,31)/t10-,12-/m0/s1. The number of aromatic nitrogens is 5. The Morgan fingerprint density at radius 3 is 2.79 bits per heavy atom. The summed E-state index contributed by atoms with van der Waals surface area (Å²) in [5.41, 5.74) is 1.49. The third-order valence-electron chi connectivity index (χ3n) is 5.78. The number of rotatable bonds is 7. The zero-order chi connectivity index (χ0) is 23.9. The molecule has 1 saturated heterocycles. The van der Waals surface area contributed by atoms with Crippen molar-refractivity contribution in [2.45, 2.75) is 25.9 Å². The summed E-state index contributed by atoms with van der Waals surface area (Å²) in [7, 11) is 3.31. The lowest BCUT2D eigenvalue weighted by Crippen LogP contribution is -2.45. The number of ketones is 1. The summed E-state index contributed by atoms with van der Waals surface area (Å²) >= 11 is 10.7. The van der Waals surface area contributed by atoms with Crippen molar-refractivity contribution in [3.8, 4) is 11.5 Å². The Labute approximate surface area is 207 Å². The van der Waals surface area contributed by atoms with E-state index in [9.17, 15) is 14.7 Å². The third-order valence-corrected chi connectivity index (χ3v) is 8.38. The zero-order valence-corrected chi connectivity index (χ0v) is 21.3. The quantitative estimate of drug-likeness (QED) is 0.420. The van der Waals surface area contributed by atoms with Crippen molar-refractivity contribution in [2.24, 2.45) is 13.0 Å². The second kappa shape index (κ2) is 9.53. The highest BCUT2D eigenvalue weighted by molar-refractivity contribution is 9.10. The number of aryl methyl sites for hydroxylation is 2. The minimum absolute atomic E-state index is 0.00477. The molecule has 0 amide bonds. The fourth-order valence-electron chi connectivity index (χ4n) is 3.99. The van der Waals surface area contributed by atoms with Gasteiger partial charge in [0, 0.05) is 39.4 Å². The average Bonchev–Trinajstić information content (AvgIpc) is 3.48. The average molecular weight is 558 g/mol. The van der Waals surface area contributed by atoms with Crippen LogP contribution in [0.25, 0.3) is 11.5 Å². The van der Waals surface area contributed by atoms with Gasteiger partial charge in [0.25, 0.3) is 0 Å². The van der Waals surface area contributed by atoms with E-state index in [4.69, 9.17) is 16.3 Å². The smallest absolute Gasteiger partial charge is 0.348 e. The van der Waals surface area contributed by atoms with Gasteiger partial charge in [0.05, 0.1) is 21.3 Å². The summed E-state index contributed by atoms with van der Waals surface area (Å²) in [5, 5.41) is 14.8. The molecular weight excluding hydrogens is 536 g/mol. The number of piperidine rings is 1. The van der Waals surface area contributed by atoms with Crippen LogP contribution in [0.1, 0.15) is 38.7 Å². The van der Waals surface area contributed by atoms with Crippen LogP contribution >= 0.6 is 38.9 Å². The fourth-order valence-corrected chi connectivity index (χ4v) is 5.69. The van der Waals surface area contributed by atoms with Gasteiger partial charge in [-0.15, -0.1) is 0 Å². The van der Waals surface area contributed by atoms with E-state index < -0.39 is 5.97 Å². The number of carboxylic acids is 1. The van der Waals surface area contributed by atoms with Gasteiger partial charge < -0.3 is 19.7 Å². The Bertz CT molecular complexity index is 1210. The summed E-state index contributed by atoms with van der Waals surface area (Å²) in [6.45, 7) is 2.92. The minimum atomic E-state index is -1.06. The summed E-state index contributed by atoms with van der Waals surface area (Å²) in [4.78, 5) is 38.6. The number of anilines is 1. The molecule has 0 bridgehead atoms. The molecule has 1 fully saturated rings. The van der Waals surface area contributed by atoms with E-state index in [2.05, 4.69) is 36.0 Å². The van der Waals surface area contributed by atoms with Crippen molar-refractivity contribution in [1.82, 2.24) is 24.7 Å². The van der Waals surface area contributed by atoms with Gasteiger partial charge in [-0.25, -0.2) is 19.4 Å². The van der Waals surface area contributed by atoms with E-state index in [1.165, 1.54) is 11.0 Å². The molecule has 3 aromatic rings. The van der Waals surface area contributed by atoms with Crippen LogP contribution in [-0.4, -0.2) is 67.9 Å². The molecule has 2 N–H and O–H groups in total. The lowest BCUT2D eigenvalue weighted by atomic mass is 9.88. The van der Waals surface area contributed by atoms with Gasteiger partial charge in [0.1, 0.15) is 16.9 Å². The predicted octanol–water partition coefficient (Wildman–Crippen LogP) is 3.80. The van der Waals surface area contributed by atoms with Crippen molar-refractivity contribution in [2.75, 3.05) is 25.1 Å². The minimum Gasteiger partial charge on any atom is -0.477 e. The van der Waals surface area contributed by atoms with E-state index in [0.717, 1.165) is 17.0 Å². The van der Waals surface area contributed by atoms with Crippen LogP contribution in [0.4, 0.5) is 5.13 Å². The van der Waals surface area contributed by atoms with Crippen LogP contribution in [0.2, 0.25) is 5.02 Å². The van der Waals surface area contributed by atoms with Crippen molar-refractivity contribution in [3.63, 3.8) is 0 Å². The molecule has 4 heterocycles. The lowest BCUT2D eigenvalue weighted by molar-refractivity contribution is 0.0374. The molecule has 176 valence electrons. The summed E-state index contributed by atoms with van der Waals surface area (Å²) in [5.74, 6) is -0.704. The lowest BCUT2D eigenvalue weighted by Gasteiger charge is -2.37. The molecule has 3 aromatic heterocycles. The van der Waals surface area contributed by atoms with Crippen LogP contribution in [-0.2, 0) is 11.8 Å². The Morgan fingerprint density at radius 2 is 2.21 bits per heavy atom. The van der Waals surface area contributed by atoms with E-state index in [1.807, 2.05) is 11.8 Å². The fraction of sp³-hybridized carbons (Fsp3) is 0.450. The van der Waals surface area contributed by atoms with Gasteiger partial charge >= 0.3 is 5.97 Å². The third kappa shape index (κ3) is 4.57. The number of nitrogens with one attached hydrogen (secondary N) is 1. The molecule has 33 heavy (non-hydrogen) atoms. The van der Waals surface area contributed by atoms with Crippen LogP contribution in [0, 0.1) is 12.8 Å². The maximum Gasteiger partial charge on any atom is 0.348 e. The zero-order valence-electron chi connectivity index (χ0n) is 18.1. The van der Waals surface area contributed by atoms with E-state index in [0.29, 0.717) is 52.1 Å².